The molecule has 1 aliphatic carbocycles. The maximum absolute atomic E-state index is 13.0. The molecule has 1 aliphatic heterocycles. The molecular formula is C20H31N3O3S. The van der Waals surface area contributed by atoms with E-state index in [0.717, 1.165) is 44.9 Å². The molecule has 27 heavy (non-hydrogen) atoms. The fourth-order valence-corrected chi connectivity index (χ4v) is 5.99. The minimum Gasteiger partial charge on any atom is -0.326 e. The van der Waals surface area contributed by atoms with Crippen LogP contribution in [-0.4, -0.2) is 37.3 Å². The third-order valence-electron chi connectivity index (χ3n) is 5.96. The SMILES string of the molecule is Cc1ccc(NC(=O)C2CCCCC2(C)N)cc1S(=O)(=O)N1CCCCC1. The van der Waals surface area contributed by atoms with Crippen LogP contribution >= 0.6 is 0 Å². The van der Waals surface area contributed by atoms with Crippen LogP contribution in [0.1, 0.15) is 57.4 Å². The summed E-state index contributed by atoms with van der Waals surface area (Å²) in [4.78, 5) is 13.1. The van der Waals surface area contributed by atoms with Gasteiger partial charge in [-0.1, -0.05) is 25.3 Å². The summed E-state index contributed by atoms with van der Waals surface area (Å²) >= 11 is 0. The number of hydrogen-bond donors (Lipinski definition) is 2. The summed E-state index contributed by atoms with van der Waals surface area (Å²) in [7, 11) is -3.54. The van der Waals surface area contributed by atoms with E-state index in [1.54, 1.807) is 29.4 Å². The van der Waals surface area contributed by atoms with Gasteiger partial charge in [-0.3, -0.25) is 4.79 Å². The van der Waals surface area contributed by atoms with E-state index in [1.165, 1.54) is 0 Å². The molecule has 1 saturated carbocycles. The zero-order chi connectivity index (χ0) is 19.7. The number of anilines is 1. The van der Waals surface area contributed by atoms with Gasteiger partial charge in [0.05, 0.1) is 10.8 Å². The Bertz CT molecular complexity index is 799. The fraction of sp³-hybridized carbons (Fsp3) is 0.650. The Morgan fingerprint density at radius 1 is 1.19 bits per heavy atom. The van der Waals surface area contributed by atoms with E-state index in [0.29, 0.717) is 24.3 Å². The van der Waals surface area contributed by atoms with Crippen LogP contribution in [0.5, 0.6) is 0 Å². The number of nitrogens with zero attached hydrogens (tertiary/aromatic N) is 1. The van der Waals surface area contributed by atoms with Crippen LogP contribution in [0.2, 0.25) is 0 Å². The number of rotatable bonds is 4. The average molecular weight is 394 g/mol. The summed E-state index contributed by atoms with van der Waals surface area (Å²) in [5.74, 6) is -0.375. The second-order valence-electron chi connectivity index (χ2n) is 8.24. The Labute approximate surface area is 162 Å². The highest BCUT2D eigenvalue weighted by Crippen LogP contribution is 2.33. The highest BCUT2D eigenvalue weighted by molar-refractivity contribution is 7.89. The standard InChI is InChI=1S/C20H31N3O3S/c1-15-9-10-16(22-19(24)17-8-4-5-11-20(17,2)21)14-18(15)27(25,26)23-12-6-3-7-13-23/h9-10,14,17H,3-8,11-13,21H2,1-2H3,(H,22,24). The van der Waals surface area contributed by atoms with E-state index in [2.05, 4.69) is 5.32 Å². The number of amides is 1. The van der Waals surface area contributed by atoms with Crippen molar-refractivity contribution >= 4 is 21.6 Å². The molecule has 1 aromatic carbocycles. The molecule has 2 fully saturated rings. The lowest BCUT2D eigenvalue weighted by Crippen LogP contribution is -2.51. The highest BCUT2D eigenvalue weighted by atomic mass is 32.2. The quantitative estimate of drug-likeness (QED) is 0.822. The fourth-order valence-electron chi connectivity index (χ4n) is 4.22. The third kappa shape index (κ3) is 4.36. The maximum atomic E-state index is 13.0. The molecule has 0 radical (unpaired) electrons. The maximum Gasteiger partial charge on any atom is 0.243 e. The third-order valence-corrected chi connectivity index (χ3v) is 8.00. The van der Waals surface area contributed by atoms with Crippen LogP contribution in [0.15, 0.2) is 23.1 Å². The predicted molar refractivity (Wildman–Crippen MR) is 107 cm³/mol. The number of carbonyl (C=O) groups is 1. The highest BCUT2D eigenvalue weighted by Gasteiger charge is 2.38. The van der Waals surface area contributed by atoms with Gasteiger partial charge in [0.15, 0.2) is 0 Å². The van der Waals surface area contributed by atoms with E-state index in [1.807, 2.05) is 6.92 Å². The zero-order valence-electron chi connectivity index (χ0n) is 16.3. The molecule has 2 unspecified atom stereocenters. The number of nitrogens with one attached hydrogen (secondary N) is 1. The first-order valence-electron chi connectivity index (χ1n) is 9.92. The number of hydrogen-bond acceptors (Lipinski definition) is 4. The van der Waals surface area contributed by atoms with E-state index in [-0.39, 0.29) is 16.7 Å². The molecule has 2 atom stereocenters. The molecule has 0 spiro atoms. The normalized spacial score (nSPS) is 27.3. The van der Waals surface area contributed by atoms with Crippen molar-refractivity contribution in [1.82, 2.24) is 4.31 Å². The molecule has 1 aromatic rings. The Balaban J connectivity index is 1.82. The van der Waals surface area contributed by atoms with Crippen LogP contribution in [0.3, 0.4) is 0 Å². The van der Waals surface area contributed by atoms with Crippen molar-refractivity contribution in [3.05, 3.63) is 23.8 Å². The monoisotopic (exact) mass is 393 g/mol. The van der Waals surface area contributed by atoms with Gasteiger partial charge in [0.25, 0.3) is 0 Å². The molecule has 3 rings (SSSR count). The van der Waals surface area contributed by atoms with Crippen LogP contribution in [0.25, 0.3) is 0 Å². The summed E-state index contributed by atoms with van der Waals surface area (Å²) < 4.78 is 27.6. The smallest absolute Gasteiger partial charge is 0.243 e. The van der Waals surface area contributed by atoms with Crippen molar-refractivity contribution < 1.29 is 13.2 Å². The van der Waals surface area contributed by atoms with Crippen molar-refractivity contribution in [3.63, 3.8) is 0 Å². The van der Waals surface area contributed by atoms with E-state index < -0.39 is 15.6 Å². The van der Waals surface area contributed by atoms with Gasteiger partial charge in [0.1, 0.15) is 0 Å². The van der Waals surface area contributed by atoms with Gasteiger partial charge in [-0.25, -0.2) is 8.42 Å². The van der Waals surface area contributed by atoms with Gasteiger partial charge in [-0.2, -0.15) is 4.31 Å². The van der Waals surface area contributed by atoms with E-state index >= 15 is 0 Å². The number of carbonyl (C=O) groups excluding carboxylic acids is 1. The molecule has 7 heteroatoms. The molecular weight excluding hydrogens is 362 g/mol. The predicted octanol–water partition coefficient (Wildman–Crippen LogP) is 3.02. The molecule has 2 aliphatic rings. The molecule has 0 bridgehead atoms. The first-order chi connectivity index (χ1) is 12.7. The Kier molecular flexibility index (Phi) is 5.93. The second kappa shape index (κ2) is 7.89. The van der Waals surface area contributed by atoms with Gasteiger partial charge in [-0.05, 0) is 57.2 Å². The first kappa shape index (κ1) is 20.3. The molecule has 1 saturated heterocycles. The summed E-state index contributed by atoms with van der Waals surface area (Å²) in [6, 6.07) is 5.11. The number of nitrogens with two attached hydrogens (primary N) is 1. The molecule has 0 aromatic heterocycles. The van der Waals surface area contributed by atoms with Gasteiger partial charge >= 0.3 is 0 Å². The first-order valence-corrected chi connectivity index (χ1v) is 11.4. The summed E-state index contributed by atoms with van der Waals surface area (Å²) in [5, 5.41) is 2.91. The van der Waals surface area contributed by atoms with Crippen molar-refractivity contribution in [3.8, 4) is 0 Å². The van der Waals surface area contributed by atoms with Crippen LogP contribution in [-0.2, 0) is 14.8 Å². The van der Waals surface area contributed by atoms with Crippen LogP contribution in [0, 0.1) is 12.8 Å². The zero-order valence-corrected chi connectivity index (χ0v) is 17.1. The average Bonchev–Trinajstić information content (AvgIpc) is 2.63. The van der Waals surface area contributed by atoms with Crippen molar-refractivity contribution in [2.45, 2.75) is 69.2 Å². The lowest BCUT2D eigenvalue weighted by molar-refractivity contribution is -0.122. The minimum absolute atomic E-state index is 0.120. The number of sulfonamides is 1. The topological polar surface area (TPSA) is 92.5 Å². The summed E-state index contributed by atoms with van der Waals surface area (Å²) in [6.07, 6.45) is 6.49. The molecule has 150 valence electrons. The lowest BCUT2D eigenvalue weighted by atomic mass is 9.74. The second-order valence-corrected chi connectivity index (χ2v) is 10.1. The number of aryl methyl sites for hydroxylation is 1. The lowest BCUT2D eigenvalue weighted by Gasteiger charge is -2.37. The largest absolute Gasteiger partial charge is 0.326 e. The molecule has 3 N–H and O–H groups in total. The minimum atomic E-state index is -3.54. The van der Waals surface area contributed by atoms with Crippen molar-refractivity contribution in [1.29, 1.82) is 0 Å². The molecule has 1 heterocycles. The number of piperidine rings is 1. The summed E-state index contributed by atoms with van der Waals surface area (Å²) in [5.41, 5.74) is 7.03. The van der Waals surface area contributed by atoms with Gasteiger partial charge in [0, 0.05) is 24.3 Å². The molecule has 6 nitrogen and oxygen atoms in total. The Morgan fingerprint density at radius 2 is 1.89 bits per heavy atom. The van der Waals surface area contributed by atoms with Crippen molar-refractivity contribution in [2.75, 3.05) is 18.4 Å². The van der Waals surface area contributed by atoms with E-state index in [9.17, 15) is 13.2 Å². The Hall–Kier alpha value is -1.44. The van der Waals surface area contributed by atoms with Gasteiger partial charge < -0.3 is 11.1 Å². The van der Waals surface area contributed by atoms with Gasteiger partial charge in [0.2, 0.25) is 15.9 Å². The Morgan fingerprint density at radius 3 is 2.56 bits per heavy atom. The van der Waals surface area contributed by atoms with Crippen molar-refractivity contribution in [2.24, 2.45) is 11.7 Å². The summed E-state index contributed by atoms with van der Waals surface area (Å²) in [6.45, 7) is 4.84. The van der Waals surface area contributed by atoms with Gasteiger partial charge in [-0.15, -0.1) is 0 Å². The van der Waals surface area contributed by atoms with Crippen LogP contribution in [0.4, 0.5) is 5.69 Å². The van der Waals surface area contributed by atoms with Crippen LogP contribution < -0.4 is 11.1 Å². The van der Waals surface area contributed by atoms with E-state index in [4.69, 9.17) is 5.73 Å². The number of benzene rings is 1. The molecule has 1 amide bonds.